The first kappa shape index (κ1) is 23.6. The zero-order valence-electron chi connectivity index (χ0n) is 18.1. The number of piperidine rings is 1. The molecular formula is C22H27N3O7. The smallest absolute Gasteiger partial charge is 0.264 e. The zero-order valence-corrected chi connectivity index (χ0v) is 18.1. The first-order valence-corrected chi connectivity index (χ1v) is 10.4. The Labute approximate surface area is 185 Å². The predicted octanol–water partition coefficient (Wildman–Crippen LogP) is 0.817. The summed E-state index contributed by atoms with van der Waals surface area (Å²) in [5, 5.41) is 14.3. The number of carbonyl (C=O) groups is 4. The highest BCUT2D eigenvalue weighted by Gasteiger charge is 2.45. The van der Waals surface area contributed by atoms with Gasteiger partial charge in [-0.3, -0.25) is 29.4 Å². The molecule has 1 saturated heterocycles. The summed E-state index contributed by atoms with van der Waals surface area (Å²) in [6.45, 7) is 4.06. The van der Waals surface area contributed by atoms with Crippen molar-refractivity contribution in [1.82, 2.24) is 10.2 Å². The Morgan fingerprint density at radius 1 is 1.22 bits per heavy atom. The number of aliphatic hydroxyl groups excluding tert-OH is 1. The normalized spacial score (nSPS) is 20.5. The van der Waals surface area contributed by atoms with Gasteiger partial charge >= 0.3 is 0 Å². The molecule has 1 aromatic rings. The molecule has 2 unspecified atom stereocenters. The van der Waals surface area contributed by atoms with Gasteiger partial charge in [0.25, 0.3) is 11.8 Å². The number of hydrogen-bond donors (Lipinski definition) is 3. The van der Waals surface area contributed by atoms with Crippen LogP contribution in [0.15, 0.2) is 30.4 Å². The zero-order chi connectivity index (χ0) is 23.3. The summed E-state index contributed by atoms with van der Waals surface area (Å²) < 4.78 is 11.3. The van der Waals surface area contributed by atoms with Crippen molar-refractivity contribution in [3.8, 4) is 0 Å². The molecule has 1 fully saturated rings. The van der Waals surface area contributed by atoms with Crippen LogP contribution in [0.5, 0.6) is 0 Å². The van der Waals surface area contributed by atoms with Crippen molar-refractivity contribution in [3.05, 3.63) is 41.5 Å². The summed E-state index contributed by atoms with van der Waals surface area (Å²) >= 11 is 0. The van der Waals surface area contributed by atoms with E-state index in [4.69, 9.17) is 14.6 Å². The van der Waals surface area contributed by atoms with Crippen molar-refractivity contribution < 1.29 is 33.8 Å². The third kappa shape index (κ3) is 4.87. The third-order valence-corrected chi connectivity index (χ3v) is 5.22. The molecule has 0 aliphatic carbocycles. The topological polar surface area (TPSA) is 134 Å². The van der Waals surface area contributed by atoms with Gasteiger partial charge in [-0.1, -0.05) is 12.1 Å². The molecule has 3 N–H and O–H groups in total. The van der Waals surface area contributed by atoms with Crippen molar-refractivity contribution in [2.75, 3.05) is 31.7 Å². The number of allylic oxidation sites excluding steroid dienone is 1. The van der Waals surface area contributed by atoms with Gasteiger partial charge in [0, 0.05) is 18.7 Å². The van der Waals surface area contributed by atoms with Gasteiger partial charge in [0.15, 0.2) is 5.79 Å². The quantitative estimate of drug-likeness (QED) is 0.209. The number of fused-ring (bicyclic) bond motifs is 1. The molecule has 0 bridgehead atoms. The fraction of sp³-hybridized carbons (Fsp3) is 0.455. The molecule has 0 radical (unpaired) electrons. The lowest BCUT2D eigenvalue weighted by Crippen LogP contribution is -2.54. The lowest BCUT2D eigenvalue weighted by atomic mass is 10.0. The molecule has 0 aromatic heterocycles. The SMILES string of the molecule is C/C=C\C(C)(OCCO)OCCNc1cccc2c1C(=O)N(C1CCC(=O)NC1=O)C2=O. The van der Waals surface area contributed by atoms with Crippen LogP contribution in [0.1, 0.15) is 47.4 Å². The van der Waals surface area contributed by atoms with E-state index in [2.05, 4.69) is 10.6 Å². The van der Waals surface area contributed by atoms with Gasteiger partial charge in [-0.05, 0) is 38.5 Å². The van der Waals surface area contributed by atoms with Crippen LogP contribution >= 0.6 is 0 Å². The molecule has 4 amide bonds. The Morgan fingerprint density at radius 3 is 2.66 bits per heavy atom. The molecule has 32 heavy (non-hydrogen) atoms. The molecule has 0 spiro atoms. The minimum Gasteiger partial charge on any atom is -0.394 e. The second kappa shape index (κ2) is 10.0. The number of imide groups is 2. The van der Waals surface area contributed by atoms with Crippen LogP contribution in [0.2, 0.25) is 0 Å². The Kier molecular flexibility index (Phi) is 7.39. The van der Waals surface area contributed by atoms with E-state index in [1.165, 1.54) is 6.07 Å². The van der Waals surface area contributed by atoms with Gasteiger partial charge in [0.2, 0.25) is 11.8 Å². The molecule has 1 aromatic carbocycles. The van der Waals surface area contributed by atoms with Gasteiger partial charge in [-0.25, -0.2) is 0 Å². The lowest BCUT2D eigenvalue weighted by Gasteiger charge is -2.28. The number of amides is 4. The van der Waals surface area contributed by atoms with Crippen LogP contribution in [-0.4, -0.2) is 71.8 Å². The van der Waals surface area contributed by atoms with Crippen LogP contribution in [0.3, 0.4) is 0 Å². The molecule has 10 heteroatoms. The number of carbonyl (C=O) groups excluding carboxylic acids is 4. The average Bonchev–Trinajstić information content (AvgIpc) is 3.01. The van der Waals surface area contributed by atoms with E-state index in [-0.39, 0.29) is 43.8 Å². The molecule has 10 nitrogen and oxygen atoms in total. The van der Waals surface area contributed by atoms with Crippen molar-refractivity contribution in [2.24, 2.45) is 0 Å². The van der Waals surface area contributed by atoms with Gasteiger partial charge in [0.05, 0.1) is 30.9 Å². The molecule has 0 saturated carbocycles. The summed E-state index contributed by atoms with van der Waals surface area (Å²) in [7, 11) is 0. The third-order valence-electron chi connectivity index (χ3n) is 5.22. The van der Waals surface area contributed by atoms with E-state index in [0.29, 0.717) is 12.2 Å². The first-order valence-electron chi connectivity index (χ1n) is 10.4. The summed E-state index contributed by atoms with van der Waals surface area (Å²) in [4.78, 5) is 50.5. The molecule has 2 aliphatic rings. The van der Waals surface area contributed by atoms with E-state index < -0.39 is 35.5 Å². The van der Waals surface area contributed by atoms with Crippen molar-refractivity contribution >= 4 is 29.3 Å². The molecule has 172 valence electrons. The second-order valence-electron chi connectivity index (χ2n) is 7.54. The number of anilines is 1. The van der Waals surface area contributed by atoms with Crippen LogP contribution in [0, 0.1) is 0 Å². The summed E-state index contributed by atoms with van der Waals surface area (Å²) in [5.74, 6) is -3.21. The Bertz CT molecular complexity index is 945. The largest absolute Gasteiger partial charge is 0.394 e. The molecular weight excluding hydrogens is 418 g/mol. The highest BCUT2D eigenvalue weighted by molar-refractivity contribution is 6.25. The molecule has 2 heterocycles. The second-order valence-corrected chi connectivity index (χ2v) is 7.54. The first-order chi connectivity index (χ1) is 15.3. The number of rotatable bonds is 10. The van der Waals surface area contributed by atoms with Crippen molar-refractivity contribution in [1.29, 1.82) is 0 Å². The van der Waals surface area contributed by atoms with Crippen molar-refractivity contribution in [2.45, 2.75) is 38.5 Å². The fourth-order valence-corrected chi connectivity index (χ4v) is 3.79. The highest BCUT2D eigenvalue weighted by atomic mass is 16.7. The Hall–Kier alpha value is -3.08. The van der Waals surface area contributed by atoms with Crippen LogP contribution in [0.4, 0.5) is 5.69 Å². The van der Waals surface area contributed by atoms with Crippen LogP contribution < -0.4 is 10.6 Å². The summed E-state index contributed by atoms with van der Waals surface area (Å²) in [5.41, 5.74) is 0.842. The van der Waals surface area contributed by atoms with Gasteiger partial charge in [-0.15, -0.1) is 0 Å². The van der Waals surface area contributed by atoms with Crippen LogP contribution in [0.25, 0.3) is 0 Å². The van der Waals surface area contributed by atoms with Gasteiger partial charge in [0.1, 0.15) is 6.04 Å². The summed E-state index contributed by atoms with van der Waals surface area (Å²) in [6.07, 6.45) is 3.67. The van der Waals surface area contributed by atoms with E-state index in [1.54, 1.807) is 31.2 Å². The summed E-state index contributed by atoms with van der Waals surface area (Å²) in [6, 6.07) is 3.84. The highest BCUT2D eigenvalue weighted by Crippen LogP contribution is 2.32. The minimum atomic E-state index is -1.01. The maximum atomic E-state index is 13.1. The number of hydrogen-bond acceptors (Lipinski definition) is 8. The monoisotopic (exact) mass is 445 g/mol. The number of nitrogens with zero attached hydrogens (tertiary/aromatic N) is 1. The standard InChI is InChI=1S/C22H27N3O7/c1-3-9-22(2,32-13-11-26)31-12-10-23-15-6-4-5-14-18(15)21(30)25(20(14)29)16-7-8-17(27)24-19(16)28/h3-6,9,16,23,26H,7-8,10-13H2,1-2H3,(H,24,27,28)/b9-3-. The fourth-order valence-electron chi connectivity index (χ4n) is 3.79. The van der Waals surface area contributed by atoms with Crippen molar-refractivity contribution in [3.63, 3.8) is 0 Å². The number of benzene rings is 1. The minimum absolute atomic E-state index is 0.0651. The predicted molar refractivity (Wildman–Crippen MR) is 114 cm³/mol. The average molecular weight is 445 g/mol. The van der Waals surface area contributed by atoms with Crippen LogP contribution in [-0.2, 0) is 19.1 Å². The van der Waals surface area contributed by atoms with E-state index in [9.17, 15) is 19.2 Å². The molecule has 2 aliphatic heterocycles. The lowest BCUT2D eigenvalue weighted by molar-refractivity contribution is -0.193. The maximum Gasteiger partial charge on any atom is 0.264 e. The Balaban J connectivity index is 1.68. The van der Waals surface area contributed by atoms with E-state index in [1.807, 2.05) is 6.92 Å². The maximum absolute atomic E-state index is 13.1. The number of ether oxygens (including phenoxy) is 2. The molecule has 2 atom stereocenters. The number of aliphatic hydroxyl groups is 1. The Morgan fingerprint density at radius 2 is 1.97 bits per heavy atom. The van der Waals surface area contributed by atoms with E-state index in [0.717, 1.165) is 4.90 Å². The van der Waals surface area contributed by atoms with Gasteiger partial charge in [-0.2, -0.15) is 0 Å². The molecule has 3 rings (SSSR count). The number of nitrogens with one attached hydrogen (secondary N) is 2. The van der Waals surface area contributed by atoms with E-state index >= 15 is 0 Å². The van der Waals surface area contributed by atoms with Gasteiger partial charge < -0.3 is 19.9 Å².